The molecule has 0 bridgehead atoms. The zero-order valence-electron chi connectivity index (χ0n) is 11.2. The molecule has 2 aromatic carbocycles. The Labute approximate surface area is 121 Å². The van der Waals surface area contributed by atoms with Crippen molar-refractivity contribution in [3.63, 3.8) is 0 Å². The van der Waals surface area contributed by atoms with Crippen LogP contribution in [-0.2, 0) is 4.79 Å². The molecule has 0 radical (unpaired) electrons. The second-order valence-corrected chi connectivity index (χ2v) is 4.62. The Balaban J connectivity index is 1.79. The van der Waals surface area contributed by atoms with E-state index in [4.69, 9.17) is 5.73 Å². The van der Waals surface area contributed by atoms with Crippen LogP contribution in [0.15, 0.2) is 60.7 Å². The number of nitrogens with one attached hydrogen (secondary N) is 2. The minimum absolute atomic E-state index is 0.118. The van der Waals surface area contributed by atoms with Gasteiger partial charge in [-0.15, -0.1) is 0 Å². The summed E-state index contributed by atoms with van der Waals surface area (Å²) >= 11 is 0. The molecule has 104 valence electrons. The van der Waals surface area contributed by atoms with Crippen molar-refractivity contribution < 1.29 is 4.79 Å². The van der Waals surface area contributed by atoms with Crippen molar-refractivity contribution in [3.05, 3.63) is 66.4 Å². The molecule has 21 heavy (non-hydrogen) atoms. The van der Waals surface area contributed by atoms with E-state index in [1.807, 2.05) is 42.5 Å². The van der Waals surface area contributed by atoms with Gasteiger partial charge in [0, 0.05) is 5.69 Å². The van der Waals surface area contributed by atoms with Crippen LogP contribution < -0.4 is 11.1 Å². The molecule has 3 aromatic rings. The number of hydrogen-bond donors (Lipinski definition) is 3. The summed E-state index contributed by atoms with van der Waals surface area (Å²) < 4.78 is 0. The summed E-state index contributed by atoms with van der Waals surface area (Å²) in [4.78, 5) is 18.8. The maximum Gasteiger partial charge on any atom is 0.271 e. The van der Waals surface area contributed by atoms with Crippen molar-refractivity contribution in [1.82, 2.24) is 9.97 Å². The standard InChI is InChI=1S/C16H14N4O/c17-15(8-14-9-18-10-19-14)16(21)20-13-6-5-11-3-1-2-4-12(11)7-13/h1-10H,17H2,(H,18,19)(H,20,21)/b15-8-. The fourth-order valence-electron chi connectivity index (χ4n) is 2.05. The average Bonchev–Trinajstić information content (AvgIpc) is 3.00. The Bertz CT molecular complexity index is 806. The maximum atomic E-state index is 12.0. The van der Waals surface area contributed by atoms with Crippen LogP contribution in [0.25, 0.3) is 16.8 Å². The topological polar surface area (TPSA) is 83.8 Å². The first-order chi connectivity index (χ1) is 10.2. The van der Waals surface area contributed by atoms with E-state index in [1.165, 1.54) is 6.33 Å². The van der Waals surface area contributed by atoms with Crippen molar-refractivity contribution in [2.45, 2.75) is 0 Å². The molecule has 0 fully saturated rings. The minimum Gasteiger partial charge on any atom is -0.394 e. The molecule has 0 spiro atoms. The van der Waals surface area contributed by atoms with Gasteiger partial charge in [0.25, 0.3) is 5.91 Å². The highest BCUT2D eigenvalue weighted by Crippen LogP contribution is 2.19. The van der Waals surface area contributed by atoms with Crippen molar-refractivity contribution in [2.75, 3.05) is 5.32 Å². The third-order valence-electron chi connectivity index (χ3n) is 3.10. The third kappa shape index (κ3) is 2.92. The monoisotopic (exact) mass is 278 g/mol. The first-order valence-corrected chi connectivity index (χ1v) is 6.48. The fourth-order valence-corrected chi connectivity index (χ4v) is 2.05. The summed E-state index contributed by atoms with van der Waals surface area (Å²) in [7, 11) is 0. The van der Waals surface area contributed by atoms with Gasteiger partial charge in [-0.05, 0) is 29.0 Å². The molecule has 0 unspecified atom stereocenters. The summed E-state index contributed by atoms with van der Waals surface area (Å²) in [6.45, 7) is 0. The van der Waals surface area contributed by atoms with Gasteiger partial charge in [-0.3, -0.25) is 4.79 Å². The second kappa shape index (κ2) is 5.50. The van der Waals surface area contributed by atoms with E-state index in [0.717, 1.165) is 10.8 Å². The van der Waals surface area contributed by atoms with Crippen LogP contribution in [0.5, 0.6) is 0 Å². The highest BCUT2D eigenvalue weighted by atomic mass is 16.2. The quantitative estimate of drug-likeness (QED) is 0.644. The van der Waals surface area contributed by atoms with E-state index < -0.39 is 0 Å². The number of aromatic amines is 1. The summed E-state index contributed by atoms with van der Waals surface area (Å²) in [6, 6.07) is 13.7. The highest BCUT2D eigenvalue weighted by Gasteiger charge is 2.06. The van der Waals surface area contributed by atoms with Gasteiger partial charge in [0.2, 0.25) is 0 Å². The van der Waals surface area contributed by atoms with Crippen LogP contribution >= 0.6 is 0 Å². The predicted molar refractivity (Wildman–Crippen MR) is 83.3 cm³/mol. The lowest BCUT2D eigenvalue weighted by Crippen LogP contribution is -2.19. The molecule has 4 N–H and O–H groups in total. The molecule has 1 aromatic heterocycles. The van der Waals surface area contributed by atoms with Crippen LogP contribution in [-0.4, -0.2) is 15.9 Å². The summed E-state index contributed by atoms with van der Waals surface area (Å²) in [5.74, 6) is -0.347. The summed E-state index contributed by atoms with van der Waals surface area (Å²) in [6.07, 6.45) is 4.67. The van der Waals surface area contributed by atoms with Gasteiger partial charge in [-0.2, -0.15) is 0 Å². The van der Waals surface area contributed by atoms with E-state index in [1.54, 1.807) is 12.3 Å². The van der Waals surface area contributed by atoms with E-state index in [2.05, 4.69) is 15.3 Å². The number of fused-ring (bicyclic) bond motifs is 1. The van der Waals surface area contributed by atoms with Crippen molar-refractivity contribution >= 4 is 28.4 Å². The zero-order chi connectivity index (χ0) is 14.7. The molecule has 0 aliphatic heterocycles. The average molecular weight is 278 g/mol. The Morgan fingerprint density at radius 2 is 2.00 bits per heavy atom. The lowest BCUT2D eigenvalue weighted by molar-refractivity contribution is -0.112. The zero-order valence-corrected chi connectivity index (χ0v) is 11.2. The number of carbonyl (C=O) groups excluding carboxylic acids is 1. The van der Waals surface area contributed by atoms with Gasteiger partial charge >= 0.3 is 0 Å². The van der Waals surface area contributed by atoms with Gasteiger partial charge in [0.05, 0.1) is 23.9 Å². The lowest BCUT2D eigenvalue weighted by atomic mass is 10.1. The number of nitrogens with zero attached hydrogens (tertiary/aromatic N) is 1. The van der Waals surface area contributed by atoms with Crippen molar-refractivity contribution in [1.29, 1.82) is 0 Å². The number of hydrogen-bond acceptors (Lipinski definition) is 3. The second-order valence-electron chi connectivity index (χ2n) is 4.62. The summed E-state index contributed by atoms with van der Waals surface area (Å²) in [5.41, 5.74) is 7.28. The number of imidazole rings is 1. The van der Waals surface area contributed by atoms with Crippen molar-refractivity contribution in [3.8, 4) is 0 Å². The number of benzene rings is 2. The minimum atomic E-state index is -0.347. The van der Waals surface area contributed by atoms with Crippen molar-refractivity contribution in [2.24, 2.45) is 5.73 Å². The number of carbonyl (C=O) groups is 1. The maximum absolute atomic E-state index is 12.0. The first kappa shape index (κ1) is 12.9. The molecular weight excluding hydrogens is 264 g/mol. The normalized spacial score (nSPS) is 11.5. The van der Waals surface area contributed by atoms with Crippen LogP contribution in [0.3, 0.4) is 0 Å². The van der Waals surface area contributed by atoms with Gasteiger partial charge in [0.15, 0.2) is 0 Å². The smallest absolute Gasteiger partial charge is 0.271 e. The Morgan fingerprint density at radius 1 is 1.19 bits per heavy atom. The molecule has 1 heterocycles. The summed E-state index contributed by atoms with van der Waals surface area (Å²) in [5, 5.41) is 4.96. The van der Waals surface area contributed by atoms with E-state index in [9.17, 15) is 4.79 Å². The first-order valence-electron chi connectivity index (χ1n) is 6.48. The van der Waals surface area contributed by atoms with E-state index in [0.29, 0.717) is 11.4 Å². The van der Waals surface area contributed by atoms with Crippen LogP contribution in [0.1, 0.15) is 5.69 Å². The van der Waals surface area contributed by atoms with E-state index >= 15 is 0 Å². The van der Waals surface area contributed by atoms with Crippen LogP contribution in [0, 0.1) is 0 Å². The molecule has 0 aliphatic rings. The number of rotatable bonds is 3. The Hall–Kier alpha value is -3.08. The van der Waals surface area contributed by atoms with Gasteiger partial charge < -0.3 is 16.0 Å². The fraction of sp³-hybridized carbons (Fsp3) is 0. The predicted octanol–water partition coefficient (Wildman–Crippen LogP) is 2.50. The van der Waals surface area contributed by atoms with Crippen LogP contribution in [0.2, 0.25) is 0 Å². The largest absolute Gasteiger partial charge is 0.394 e. The Morgan fingerprint density at radius 3 is 2.76 bits per heavy atom. The number of anilines is 1. The van der Waals surface area contributed by atoms with E-state index in [-0.39, 0.29) is 11.6 Å². The molecular formula is C16H14N4O. The molecule has 1 amide bonds. The molecule has 0 saturated carbocycles. The molecule has 0 saturated heterocycles. The van der Waals surface area contributed by atoms with Gasteiger partial charge in [-0.1, -0.05) is 30.3 Å². The number of nitrogens with two attached hydrogens (primary N) is 1. The number of amides is 1. The Kier molecular flexibility index (Phi) is 3.39. The van der Waals surface area contributed by atoms with Gasteiger partial charge in [-0.25, -0.2) is 4.98 Å². The highest BCUT2D eigenvalue weighted by molar-refractivity contribution is 6.06. The molecule has 0 atom stereocenters. The lowest BCUT2D eigenvalue weighted by Gasteiger charge is -2.06. The molecule has 0 aliphatic carbocycles. The van der Waals surface area contributed by atoms with Crippen LogP contribution in [0.4, 0.5) is 5.69 Å². The molecule has 5 heteroatoms. The number of aromatic nitrogens is 2. The van der Waals surface area contributed by atoms with Gasteiger partial charge in [0.1, 0.15) is 0 Å². The SMILES string of the molecule is N/C(=C\c1cnc[nH]1)C(=O)Nc1ccc2ccccc2c1. The molecule has 3 rings (SSSR count). The molecule has 5 nitrogen and oxygen atoms in total. The number of H-pyrrole nitrogens is 1. The third-order valence-corrected chi connectivity index (χ3v) is 3.10.